The average Bonchev–Trinajstić information content (AvgIpc) is 3.84. The zero-order valence-corrected chi connectivity index (χ0v) is 31.0. The lowest BCUT2D eigenvalue weighted by atomic mass is 9.64. The summed E-state index contributed by atoms with van der Waals surface area (Å²) >= 11 is 0. The number of benzene rings is 9. The minimum Gasteiger partial charge on any atom is -0.309 e. The van der Waals surface area contributed by atoms with Crippen LogP contribution in [0.25, 0.3) is 44.2 Å². The highest BCUT2D eigenvalue weighted by Crippen LogP contribution is 2.64. The van der Waals surface area contributed by atoms with Crippen molar-refractivity contribution < 1.29 is 0 Å². The molecule has 2 spiro atoms. The van der Waals surface area contributed by atoms with E-state index in [4.69, 9.17) is 0 Å². The van der Waals surface area contributed by atoms with Gasteiger partial charge in [-0.3, -0.25) is 0 Å². The molecule has 13 rings (SSSR count). The molecule has 0 saturated heterocycles. The van der Waals surface area contributed by atoms with E-state index in [1.165, 1.54) is 104 Å². The fraction of sp³-hybridized carbons (Fsp3) is 0.0189. The fourth-order valence-electron chi connectivity index (χ4n) is 11.4. The maximum absolute atomic E-state index is 2.64. The Balaban J connectivity index is 1.16. The number of rotatable bonds is 1. The van der Waals surface area contributed by atoms with Gasteiger partial charge in [-0.05, 0) is 100.0 Å². The van der Waals surface area contributed by atoms with E-state index in [1.54, 1.807) is 0 Å². The first-order valence-electron chi connectivity index (χ1n) is 19.4. The zero-order valence-electron chi connectivity index (χ0n) is 30.0. The molecule has 0 unspecified atom stereocenters. The van der Waals surface area contributed by atoms with Crippen LogP contribution in [0.5, 0.6) is 0 Å². The van der Waals surface area contributed by atoms with Crippen LogP contribution in [0.4, 0.5) is 17.1 Å². The molecule has 4 aliphatic rings. The molecule has 9 aromatic carbocycles. The highest BCUT2D eigenvalue weighted by Gasteiger charge is 2.55. The summed E-state index contributed by atoms with van der Waals surface area (Å²) in [5.74, 6) is 0. The number of fused-ring (bicyclic) bond motifs is 21. The van der Waals surface area contributed by atoms with E-state index in [2.05, 4.69) is 205 Å². The van der Waals surface area contributed by atoms with Crippen molar-refractivity contribution in [2.75, 3.05) is 4.90 Å². The van der Waals surface area contributed by atoms with Gasteiger partial charge in [-0.2, -0.15) is 0 Å². The van der Waals surface area contributed by atoms with Crippen LogP contribution in [0.15, 0.2) is 200 Å². The Morgan fingerprint density at radius 1 is 0.345 bits per heavy atom. The van der Waals surface area contributed by atoms with E-state index >= 15 is 0 Å². The third-order valence-corrected chi connectivity index (χ3v) is 18.2. The van der Waals surface area contributed by atoms with Crippen molar-refractivity contribution in [3.63, 3.8) is 0 Å². The van der Waals surface area contributed by atoms with Crippen LogP contribution >= 0.6 is 0 Å². The predicted molar refractivity (Wildman–Crippen MR) is 231 cm³/mol. The molecule has 9 aromatic rings. The monoisotopic (exact) mass is 711 g/mol. The number of nitrogens with zero attached hydrogens (tertiary/aromatic N) is 1. The molecule has 0 amide bonds. The molecule has 1 nitrogen and oxygen atoms in total. The Morgan fingerprint density at radius 2 is 0.836 bits per heavy atom. The van der Waals surface area contributed by atoms with Crippen molar-refractivity contribution in [1.29, 1.82) is 0 Å². The van der Waals surface area contributed by atoms with Gasteiger partial charge < -0.3 is 4.90 Å². The smallest absolute Gasteiger partial charge is 0.182 e. The lowest BCUT2D eigenvalue weighted by Gasteiger charge is -2.45. The molecule has 0 fully saturated rings. The topological polar surface area (TPSA) is 3.24 Å². The third kappa shape index (κ3) is 3.42. The lowest BCUT2D eigenvalue weighted by molar-refractivity contribution is 0.754. The molecule has 3 aliphatic heterocycles. The number of para-hydroxylation sites is 1. The maximum Gasteiger partial charge on any atom is 0.182 e. The molecule has 0 atom stereocenters. The summed E-state index contributed by atoms with van der Waals surface area (Å²) in [7, 11) is -2.64. The first-order valence-corrected chi connectivity index (χ1v) is 21.4. The molecule has 0 aromatic heterocycles. The molecule has 1 aliphatic carbocycles. The normalized spacial score (nSPS) is 15.2. The molecular formula is C53H33NSi. The zero-order chi connectivity index (χ0) is 35.9. The van der Waals surface area contributed by atoms with Crippen LogP contribution in [0.1, 0.15) is 22.3 Å². The van der Waals surface area contributed by atoms with Crippen LogP contribution in [-0.4, -0.2) is 8.07 Å². The van der Waals surface area contributed by atoms with Crippen molar-refractivity contribution in [2.24, 2.45) is 0 Å². The number of hydrogen-bond acceptors (Lipinski definition) is 1. The van der Waals surface area contributed by atoms with E-state index in [9.17, 15) is 0 Å². The summed E-state index contributed by atoms with van der Waals surface area (Å²) in [6, 6.07) is 76.4. The van der Waals surface area contributed by atoms with E-state index in [0.29, 0.717) is 0 Å². The lowest BCUT2D eigenvalue weighted by Crippen LogP contribution is -2.70. The summed E-state index contributed by atoms with van der Waals surface area (Å²) in [5, 5.41) is 8.51. The Morgan fingerprint density at radius 3 is 1.47 bits per heavy atom. The van der Waals surface area contributed by atoms with Crippen LogP contribution in [0, 0.1) is 0 Å². The predicted octanol–water partition coefficient (Wildman–Crippen LogP) is 10.3. The van der Waals surface area contributed by atoms with E-state index in [-0.39, 0.29) is 0 Å². The number of anilines is 3. The van der Waals surface area contributed by atoms with E-state index in [0.717, 1.165) is 0 Å². The molecule has 0 bridgehead atoms. The van der Waals surface area contributed by atoms with Crippen LogP contribution in [0.3, 0.4) is 0 Å². The molecule has 0 radical (unpaired) electrons. The Labute approximate surface area is 321 Å². The Kier molecular flexibility index (Phi) is 5.65. The molecule has 3 heterocycles. The summed E-state index contributed by atoms with van der Waals surface area (Å²) < 4.78 is 0. The summed E-state index contributed by atoms with van der Waals surface area (Å²) in [4.78, 5) is 2.61. The van der Waals surface area contributed by atoms with E-state index < -0.39 is 13.5 Å². The molecule has 0 saturated carbocycles. The van der Waals surface area contributed by atoms with Gasteiger partial charge in [0.25, 0.3) is 0 Å². The van der Waals surface area contributed by atoms with Gasteiger partial charge in [0.2, 0.25) is 0 Å². The second kappa shape index (κ2) is 10.5. The third-order valence-electron chi connectivity index (χ3n) is 13.3. The van der Waals surface area contributed by atoms with Crippen LogP contribution in [0.2, 0.25) is 0 Å². The Hall–Kier alpha value is -6.74. The fourth-order valence-corrected chi connectivity index (χ4v) is 17.0. The molecule has 254 valence electrons. The first-order chi connectivity index (χ1) is 27.3. The van der Waals surface area contributed by atoms with Gasteiger partial charge in [0.05, 0.1) is 16.8 Å². The highest BCUT2D eigenvalue weighted by molar-refractivity contribution is 7.24. The standard InChI is InChI=1S/C53H33NSi/c1-2-16-36-34(15-1)29-32-46-52(36)54(47-25-11-10-24-45(47)53(46)43-22-8-3-17-37(43)38-18-4-9-23-44(38)53)35-30-31-42-41-21-7-14-28-50(41)55(51(42)33-35)48-26-12-5-19-39(48)40-20-6-13-27-49(40)55/h1-33H. The van der Waals surface area contributed by atoms with Crippen molar-refractivity contribution in [2.45, 2.75) is 5.41 Å². The summed E-state index contributed by atoms with van der Waals surface area (Å²) in [6.07, 6.45) is 0. The summed E-state index contributed by atoms with van der Waals surface area (Å²) in [6.45, 7) is 0. The number of hydrogen-bond donors (Lipinski definition) is 0. The average molecular weight is 712 g/mol. The van der Waals surface area contributed by atoms with Crippen molar-refractivity contribution >= 4 is 56.7 Å². The largest absolute Gasteiger partial charge is 0.309 e. The van der Waals surface area contributed by atoms with Crippen molar-refractivity contribution in [1.82, 2.24) is 0 Å². The van der Waals surface area contributed by atoms with Gasteiger partial charge in [0.1, 0.15) is 0 Å². The van der Waals surface area contributed by atoms with Gasteiger partial charge >= 0.3 is 0 Å². The second-order valence-electron chi connectivity index (χ2n) is 15.5. The van der Waals surface area contributed by atoms with E-state index in [1.807, 2.05) is 0 Å². The minimum absolute atomic E-state index is 0.466. The second-order valence-corrected chi connectivity index (χ2v) is 19.1. The van der Waals surface area contributed by atoms with Gasteiger partial charge in [-0.1, -0.05) is 182 Å². The maximum atomic E-state index is 2.61. The van der Waals surface area contributed by atoms with Gasteiger partial charge in [0, 0.05) is 11.1 Å². The first kappa shape index (κ1) is 29.7. The van der Waals surface area contributed by atoms with Crippen LogP contribution in [-0.2, 0) is 5.41 Å². The quantitative estimate of drug-likeness (QED) is 0.153. The van der Waals surface area contributed by atoms with Crippen molar-refractivity contribution in [3.05, 3.63) is 222 Å². The highest BCUT2D eigenvalue weighted by atomic mass is 28.3. The molecular weight excluding hydrogens is 679 g/mol. The SMILES string of the molecule is c1ccc2c(c1)-c1ccccc1C21c2ccccc2N(c2ccc3c(c2)[Si]2(c4ccccc4-c4ccccc42)c2ccccc2-3)c2c1ccc1ccccc21. The van der Waals surface area contributed by atoms with Crippen molar-refractivity contribution in [3.8, 4) is 33.4 Å². The minimum atomic E-state index is -2.64. The molecule has 55 heavy (non-hydrogen) atoms. The molecule has 0 N–H and O–H groups in total. The Bertz CT molecular complexity index is 3030. The van der Waals surface area contributed by atoms with Gasteiger partial charge in [-0.15, -0.1) is 0 Å². The van der Waals surface area contributed by atoms with Gasteiger partial charge in [-0.25, -0.2) is 0 Å². The van der Waals surface area contributed by atoms with Crippen LogP contribution < -0.4 is 25.6 Å². The van der Waals surface area contributed by atoms with Gasteiger partial charge in [0.15, 0.2) is 8.07 Å². The summed E-state index contributed by atoms with van der Waals surface area (Å²) in [5.41, 5.74) is 16.8. The molecule has 2 heteroatoms.